The third-order valence-corrected chi connectivity index (χ3v) is 8.41. The van der Waals surface area contributed by atoms with Gasteiger partial charge in [0.05, 0.1) is 22.8 Å². The van der Waals surface area contributed by atoms with E-state index in [1.807, 2.05) is 109 Å². The molecule has 10 nitrogen and oxygen atoms in total. The van der Waals surface area contributed by atoms with Gasteiger partial charge in [0.15, 0.2) is 0 Å². The van der Waals surface area contributed by atoms with E-state index < -0.39 is 0 Å². The molecule has 1 aliphatic rings. The summed E-state index contributed by atoms with van der Waals surface area (Å²) >= 11 is 0. The molecule has 0 spiro atoms. The van der Waals surface area contributed by atoms with E-state index in [-0.39, 0.29) is 11.3 Å². The van der Waals surface area contributed by atoms with E-state index in [4.69, 9.17) is 4.74 Å². The number of allylic oxidation sites excluding steroid dienone is 6. The van der Waals surface area contributed by atoms with E-state index in [1.54, 1.807) is 43.9 Å². The quantitative estimate of drug-likeness (QED) is 0.116. The molecule has 5 heterocycles. The van der Waals surface area contributed by atoms with Crippen LogP contribution < -0.4 is 0 Å². The van der Waals surface area contributed by atoms with Gasteiger partial charge in [0, 0.05) is 80.8 Å². The number of benzene rings is 1. The number of aromatic nitrogens is 4. The number of phenolic OH excluding ortho intramolecular Hbond substituents is 1. The first-order valence-corrected chi connectivity index (χ1v) is 17.1. The van der Waals surface area contributed by atoms with Crippen LogP contribution in [0.2, 0.25) is 0 Å². The van der Waals surface area contributed by atoms with Gasteiger partial charge >= 0.3 is 0 Å². The minimum atomic E-state index is 0.00885. The van der Waals surface area contributed by atoms with Crippen molar-refractivity contribution in [3.05, 3.63) is 190 Å². The van der Waals surface area contributed by atoms with Crippen molar-refractivity contribution >= 4 is 6.08 Å². The smallest absolute Gasteiger partial charge is 0.137 e. The van der Waals surface area contributed by atoms with Gasteiger partial charge in [-0.05, 0) is 91.4 Å². The normalized spacial score (nSPS) is 12.6. The van der Waals surface area contributed by atoms with Gasteiger partial charge in [0.2, 0.25) is 0 Å². The number of hydrogen-bond donors (Lipinski definition) is 1. The number of aromatic hydroxyl groups is 1. The Morgan fingerprint density at radius 2 is 1.08 bits per heavy atom. The van der Waals surface area contributed by atoms with Gasteiger partial charge < -0.3 is 9.84 Å². The van der Waals surface area contributed by atoms with Gasteiger partial charge in [-0.15, -0.1) is 0 Å². The molecule has 0 bridgehead atoms. The Morgan fingerprint density at radius 1 is 0.642 bits per heavy atom. The second-order valence-corrected chi connectivity index (χ2v) is 12.6. The predicted molar refractivity (Wildman–Crippen MR) is 201 cm³/mol. The minimum Gasteiger partial charge on any atom is -0.507 e. The average molecular weight is 699 g/mol. The standard InChI is InChI=1S/C43H38N8O2/c1-32-20-34(37(24-44)25-45)23-42(53-32)15-14-33-21-35(26-50(28-38-10-2-6-16-46-38)29-39-11-3-7-17-47-39)43(52)36(22-33)27-51(30-40-12-4-8-18-48-40)31-41-13-5-9-19-49-41/h2-23,52H,26-31H2,1H3/b15-14+. The summed E-state index contributed by atoms with van der Waals surface area (Å²) in [6.07, 6.45) is 14.2. The van der Waals surface area contributed by atoms with Crippen molar-refractivity contribution in [2.75, 3.05) is 0 Å². The van der Waals surface area contributed by atoms with Crippen LogP contribution in [0.15, 0.2) is 151 Å². The van der Waals surface area contributed by atoms with Crippen LogP contribution in [0, 0.1) is 22.7 Å². The number of rotatable bonds is 14. The molecular weight excluding hydrogens is 661 g/mol. The number of nitriles is 2. The van der Waals surface area contributed by atoms with Crippen LogP contribution in [0.3, 0.4) is 0 Å². The maximum Gasteiger partial charge on any atom is 0.137 e. The molecule has 1 N–H and O–H groups in total. The second kappa shape index (κ2) is 18.0. The second-order valence-electron chi connectivity index (χ2n) is 12.6. The largest absolute Gasteiger partial charge is 0.507 e. The zero-order valence-corrected chi connectivity index (χ0v) is 29.4. The monoisotopic (exact) mass is 698 g/mol. The first kappa shape index (κ1) is 36.1. The molecule has 0 unspecified atom stereocenters. The Hall–Kier alpha value is -6.72. The van der Waals surface area contributed by atoms with Crippen molar-refractivity contribution in [1.82, 2.24) is 29.7 Å². The Balaban J connectivity index is 1.39. The molecule has 0 aliphatic carbocycles. The van der Waals surface area contributed by atoms with E-state index in [2.05, 4.69) is 29.7 Å². The third kappa shape index (κ3) is 10.4. The van der Waals surface area contributed by atoms with Crippen LogP contribution >= 0.6 is 0 Å². The fourth-order valence-corrected chi connectivity index (χ4v) is 6.04. The van der Waals surface area contributed by atoms with Crippen LogP contribution in [0.5, 0.6) is 5.75 Å². The molecule has 0 amide bonds. The van der Waals surface area contributed by atoms with E-state index in [0.29, 0.717) is 56.4 Å². The molecule has 1 aliphatic heterocycles. The lowest BCUT2D eigenvalue weighted by Crippen LogP contribution is -2.25. The summed E-state index contributed by atoms with van der Waals surface area (Å²) in [5.74, 6) is 1.25. The summed E-state index contributed by atoms with van der Waals surface area (Å²) < 4.78 is 5.95. The number of nitrogens with zero attached hydrogens (tertiary/aromatic N) is 8. The molecule has 1 aromatic carbocycles. The molecule has 0 fully saturated rings. The Kier molecular flexibility index (Phi) is 12.2. The Morgan fingerprint density at radius 3 is 1.45 bits per heavy atom. The number of pyridine rings is 4. The highest BCUT2D eigenvalue weighted by molar-refractivity contribution is 5.60. The van der Waals surface area contributed by atoms with Crippen molar-refractivity contribution in [1.29, 1.82) is 10.5 Å². The summed E-state index contributed by atoms with van der Waals surface area (Å²) in [6, 6.07) is 31.3. The highest BCUT2D eigenvalue weighted by Gasteiger charge is 2.19. The van der Waals surface area contributed by atoms with Gasteiger partial charge in [-0.1, -0.05) is 30.3 Å². The lowest BCUT2D eigenvalue weighted by molar-refractivity contribution is 0.231. The molecule has 0 radical (unpaired) electrons. The molecule has 5 aromatic rings. The highest BCUT2D eigenvalue weighted by atomic mass is 16.5. The lowest BCUT2D eigenvalue weighted by atomic mass is 10.0. The van der Waals surface area contributed by atoms with E-state index in [0.717, 1.165) is 39.5 Å². The van der Waals surface area contributed by atoms with Crippen LogP contribution in [-0.4, -0.2) is 34.8 Å². The third-order valence-electron chi connectivity index (χ3n) is 8.41. The number of hydrogen-bond acceptors (Lipinski definition) is 10. The fraction of sp³-hybridized carbons (Fsp3) is 0.163. The zero-order chi connectivity index (χ0) is 36.8. The van der Waals surface area contributed by atoms with Gasteiger partial charge in [-0.2, -0.15) is 10.5 Å². The zero-order valence-electron chi connectivity index (χ0n) is 29.4. The first-order valence-electron chi connectivity index (χ1n) is 17.1. The molecule has 6 rings (SSSR count). The van der Waals surface area contributed by atoms with Crippen molar-refractivity contribution in [3.8, 4) is 17.9 Å². The molecule has 4 aromatic heterocycles. The topological polar surface area (TPSA) is 135 Å². The van der Waals surface area contributed by atoms with Crippen LogP contribution in [0.4, 0.5) is 0 Å². The lowest BCUT2D eigenvalue weighted by Gasteiger charge is -2.25. The molecule has 10 heteroatoms. The predicted octanol–water partition coefficient (Wildman–Crippen LogP) is 7.55. The molecule has 0 saturated heterocycles. The van der Waals surface area contributed by atoms with Crippen LogP contribution in [0.1, 0.15) is 46.4 Å². The summed E-state index contributed by atoms with van der Waals surface area (Å²) in [6.45, 7) is 4.77. The maximum absolute atomic E-state index is 12.0. The van der Waals surface area contributed by atoms with Gasteiger partial charge in [0.1, 0.15) is 35.0 Å². The number of ether oxygens (including phenoxy) is 1. The molecule has 262 valence electrons. The Bertz CT molecular complexity index is 2000. The Labute approximate surface area is 309 Å². The maximum atomic E-state index is 12.0. The van der Waals surface area contributed by atoms with Crippen molar-refractivity contribution in [2.45, 2.75) is 46.2 Å². The average Bonchev–Trinajstić information content (AvgIpc) is 3.17. The fourth-order valence-electron chi connectivity index (χ4n) is 6.04. The molecule has 53 heavy (non-hydrogen) atoms. The van der Waals surface area contributed by atoms with Crippen molar-refractivity contribution in [2.24, 2.45) is 0 Å². The van der Waals surface area contributed by atoms with Crippen molar-refractivity contribution in [3.63, 3.8) is 0 Å². The minimum absolute atomic E-state index is 0.00885. The summed E-state index contributed by atoms with van der Waals surface area (Å²) in [4.78, 5) is 22.7. The van der Waals surface area contributed by atoms with E-state index in [9.17, 15) is 15.6 Å². The SMILES string of the molecule is CC1=CC(=C(C#N)C#N)C=C(/C=C/c2cc(CN(Cc3ccccn3)Cc3ccccn3)c(O)c(CN(Cc3ccccn3)Cc3ccccn3)c2)O1. The van der Waals surface area contributed by atoms with Gasteiger partial charge in [-0.3, -0.25) is 29.7 Å². The van der Waals surface area contributed by atoms with Gasteiger partial charge in [0.25, 0.3) is 0 Å². The number of phenols is 1. The molecule has 0 saturated carbocycles. The van der Waals surface area contributed by atoms with Crippen molar-refractivity contribution < 1.29 is 9.84 Å². The highest BCUT2D eigenvalue weighted by Crippen LogP contribution is 2.31. The van der Waals surface area contributed by atoms with Crippen LogP contribution in [-0.2, 0) is 44.0 Å². The molecular formula is C43H38N8O2. The molecule has 0 atom stereocenters. The summed E-state index contributed by atoms with van der Waals surface area (Å²) in [5.41, 5.74) is 6.41. The summed E-state index contributed by atoms with van der Waals surface area (Å²) in [5, 5.41) is 31.0. The van der Waals surface area contributed by atoms with Gasteiger partial charge in [-0.25, -0.2) is 0 Å². The van der Waals surface area contributed by atoms with E-state index >= 15 is 0 Å². The van der Waals surface area contributed by atoms with E-state index in [1.165, 1.54) is 0 Å². The first-order chi connectivity index (χ1) is 25.9. The summed E-state index contributed by atoms with van der Waals surface area (Å²) in [7, 11) is 0. The van der Waals surface area contributed by atoms with Crippen LogP contribution in [0.25, 0.3) is 6.08 Å².